The first kappa shape index (κ1) is 15.0. The summed E-state index contributed by atoms with van der Waals surface area (Å²) in [6.07, 6.45) is 1.20. The molecule has 0 aliphatic rings. The molecule has 0 radical (unpaired) electrons. The van der Waals surface area contributed by atoms with Crippen molar-refractivity contribution >= 4 is 39.7 Å². The molecule has 0 aromatic heterocycles. The second kappa shape index (κ2) is 6.83. The van der Waals surface area contributed by atoms with Crippen LogP contribution in [0.25, 0.3) is 0 Å². The van der Waals surface area contributed by atoms with Crippen molar-refractivity contribution in [3.8, 4) is 5.75 Å². The molecule has 1 atom stereocenters. The lowest BCUT2D eigenvalue weighted by Crippen LogP contribution is -2.09. The highest BCUT2D eigenvalue weighted by molar-refractivity contribution is 14.1. The Balaban J connectivity index is 2.15. The Morgan fingerprint density at radius 1 is 1.25 bits per heavy atom. The van der Waals surface area contributed by atoms with Crippen LogP contribution >= 0.6 is 22.6 Å². The molecule has 1 unspecified atom stereocenters. The van der Waals surface area contributed by atoms with E-state index in [9.17, 15) is 0 Å². The van der Waals surface area contributed by atoms with Crippen LogP contribution in [-0.2, 0) is 0 Å². The molecular weight excluding hydrogens is 363 g/mol. The Morgan fingerprint density at radius 2 is 2.05 bits per heavy atom. The third-order valence-corrected chi connectivity index (χ3v) is 3.71. The van der Waals surface area contributed by atoms with Gasteiger partial charge in [0.05, 0.1) is 17.5 Å². The third-order valence-electron chi connectivity index (χ3n) is 3.04. The van der Waals surface area contributed by atoms with E-state index in [2.05, 4.69) is 41.8 Å². The molecule has 2 aromatic carbocycles. The van der Waals surface area contributed by atoms with Crippen molar-refractivity contribution in [2.45, 2.75) is 26.4 Å². The van der Waals surface area contributed by atoms with Crippen molar-refractivity contribution in [1.29, 1.82) is 0 Å². The Labute approximate surface area is 133 Å². The molecule has 0 amide bonds. The van der Waals surface area contributed by atoms with Crippen LogP contribution in [0, 0.1) is 3.57 Å². The Bertz CT molecular complexity index is 586. The van der Waals surface area contributed by atoms with E-state index < -0.39 is 0 Å². The second-order valence-electron chi connectivity index (χ2n) is 4.72. The van der Waals surface area contributed by atoms with Gasteiger partial charge in [-0.3, -0.25) is 0 Å². The van der Waals surface area contributed by atoms with Gasteiger partial charge in [-0.2, -0.15) is 0 Å². The summed E-state index contributed by atoms with van der Waals surface area (Å²) in [5, 5.41) is 3.32. The van der Waals surface area contributed by atoms with E-state index in [0.717, 1.165) is 32.8 Å². The van der Waals surface area contributed by atoms with Crippen molar-refractivity contribution in [3.63, 3.8) is 0 Å². The van der Waals surface area contributed by atoms with Crippen LogP contribution in [0.4, 0.5) is 17.1 Å². The fourth-order valence-electron chi connectivity index (χ4n) is 1.77. The van der Waals surface area contributed by atoms with E-state index in [4.69, 9.17) is 10.5 Å². The predicted molar refractivity (Wildman–Crippen MR) is 93.7 cm³/mol. The normalized spacial score (nSPS) is 11.9. The summed E-state index contributed by atoms with van der Waals surface area (Å²) in [6, 6.07) is 13.9. The lowest BCUT2D eigenvalue weighted by molar-refractivity contribution is 0.217. The molecule has 2 rings (SSSR count). The number of halogens is 1. The minimum atomic E-state index is 0.216. The molecule has 3 nitrogen and oxygen atoms in total. The topological polar surface area (TPSA) is 47.3 Å². The number of ether oxygens (including phenoxy) is 1. The van der Waals surface area contributed by atoms with Crippen molar-refractivity contribution in [3.05, 3.63) is 46.0 Å². The minimum Gasteiger partial charge on any atom is -0.491 e. The zero-order valence-corrected chi connectivity index (χ0v) is 13.8. The second-order valence-corrected chi connectivity index (χ2v) is 5.97. The van der Waals surface area contributed by atoms with Gasteiger partial charge >= 0.3 is 0 Å². The van der Waals surface area contributed by atoms with Crippen LogP contribution in [0.5, 0.6) is 5.75 Å². The van der Waals surface area contributed by atoms with Gasteiger partial charge in [-0.15, -0.1) is 0 Å². The summed E-state index contributed by atoms with van der Waals surface area (Å²) >= 11 is 2.25. The number of benzene rings is 2. The molecule has 20 heavy (non-hydrogen) atoms. The van der Waals surface area contributed by atoms with E-state index in [-0.39, 0.29) is 6.10 Å². The van der Waals surface area contributed by atoms with Gasteiger partial charge < -0.3 is 15.8 Å². The summed E-state index contributed by atoms with van der Waals surface area (Å²) in [5.41, 5.74) is 8.63. The molecule has 0 spiro atoms. The standard InChI is InChI=1S/C16H19IN2O/c1-3-11(2)20-14-6-4-5-13(10-14)19-16-8-7-12(17)9-15(16)18/h4-11,19H,3,18H2,1-2H3. The predicted octanol–water partition coefficient (Wildman–Crippen LogP) is 4.79. The van der Waals surface area contributed by atoms with Crippen molar-refractivity contribution in [2.75, 3.05) is 11.1 Å². The lowest BCUT2D eigenvalue weighted by atomic mass is 10.2. The van der Waals surface area contributed by atoms with Gasteiger partial charge in [0.2, 0.25) is 0 Å². The quantitative estimate of drug-likeness (QED) is 0.577. The molecule has 4 heteroatoms. The Kier molecular flexibility index (Phi) is 5.11. The first-order valence-corrected chi connectivity index (χ1v) is 7.75. The molecule has 3 N–H and O–H groups in total. The van der Waals surface area contributed by atoms with Crippen LogP contribution < -0.4 is 15.8 Å². The third kappa shape index (κ3) is 4.03. The molecule has 2 aromatic rings. The van der Waals surface area contributed by atoms with Gasteiger partial charge in [-0.25, -0.2) is 0 Å². The van der Waals surface area contributed by atoms with Crippen LogP contribution in [0.15, 0.2) is 42.5 Å². The van der Waals surface area contributed by atoms with Gasteiger partial charge in [0, 0.05) is 15.3 Å². The molecule has 0 heterocycles. The van der Waals surface area contributed by atoms with Gasteiger partial charge in [0.25, 0.3) is 0 Å². The SMILES string of the molecule is CCC(C)Oc1cccc(Nc2ccc(I)cc2N)c1. The van der Waals surface area contributed by atoms with Gasteiger partial charge in [0.1, 0.15) is 5.75 Å². The number of rotatable bonds is 5. The Morgan fingerprint density at radius 3 is 2.75 bits per heavy atom. The molecule has 0 aliphatic heterocycles. The summed E-state index contributed by atoms with van der Waals surface area (Å²) in [7, 11) is 0. The van der Waals surface area contributed by atoms with E-state index >= 15 is 0 Å². The summed E-state index contributed by atoms with van der Waals surface area (Å²) in [6.45, 7) is 4.18. The fraction of sp³-hybridized carbons (Fsp3) is 0.250. The van der Waals surface area contributed by atoms with Crippen molar-refractivity contribution in [1.82, 2.24) is 0 Å². The Hall–Kier alpha value is -1.43. The molecule has 0 bridgehead atoms. The van der Waals surface area contributed by atoms with Gasteiger partial charge in [0.15, 0.2) is 0 Å². The largest absolute Gasteiger partial charge is 0.491 e. The maximum Gasteiger partial charge on any atom is 0.121 e. The number of nitrogens with two attached hydrogens (primary N) is 1. The van der Waals surface area contributed by atoms with E-state index in [1.54, 1.807) is 0 Å². The van der Waals surface area contributed by atoms with Crippen LogP contribution in [0.2, 0.25) is 0 Å². The molecule has 106 valence electrons. The average molecular weight is 382 g/mol. The highest BCUT2D eigenvalue weighted by Gasteiger charge is 2.04. The first-order valence-electron chi connectivity index (χ1n) is 6.67. The van der Waals surface area contributed by atoms with E-state index in [1.165, 1.54) is 0 Å². The molecule has 0 saturated heterocycles. The maximum absolute atomic E-state index is 6.01. The summed E-state index contributed by atoms with van der Waals surface area (Å²) in [5.74, 6) is 0.869. The number of hydrogen-bond donors (Lipinski definition) is 2. The number of anilines is 3. The fourth-order valence-corrected chi connectivity index (χ4v) is 2.28. The molecule has 0 saturated carbocycles. The molecular formula is C16H19IN2O. The van der Waals surface area contributed by atoms with Crippen LogP contribution in [0.1, 0.15) is 20.3 Å². The first-order chi connectivity index (χ1) is 9.58. The monoisotopic (exact) mass is 382 g/mol. The van der Waals surface area contributed by atoms with Crippen LogP contribution in [-0.4, -0.2) is 6.10 Å². The number of nitrogen functional groups attached to an aromatic ring is 1. The number of nitrogens with one attached hydrogen (secondary N) is 1. The smallest absolute Gasteiger partial charge is 0.121 e. The van der Waals surface area contributed by atoms with Gasteiger partial charge in [-0.1, -0.05) is 13.0 Å². The molecule has 0 fully saturated rings. The van der Waals surface area contributed by atoms with E-state index in [0.29, 0.717) is 0 Å². The minimum absolute atomic E-state index is 0.216. The molecule has 0 aliphatic carbocycles. The van der Waals surface area contributed by atoms with E-state index in [1.807, 2.05) is 42.5 Å². The lowest BCUT2D eigenvalue weighted by Gasteiger charge is -2.14. The van der Waals surface area contributed by atoms with Crippen molar-refractivity contribution in [2.24, 2.45) is 0 Å². The highest BCUT2D eigenvalue weighted by atomic mass is 127. The highest BCUT2D eigenvalue weighted by Crippen LogP contribution is 2.27. The average Bonchev–Trinajstić information content (AvgIpc) is 2.42. The maximum atomic E-state index is 6.01. The zero-order chi connectivity index (χ0) is 14.5. The van der Waals surface area contributed by atoms with Crippen LogP contribution in [0.3, 0.4) is 0 Å². The summed E-state index contributed by atoms with van der Waals surface area (Å²) in [4.78, 5) is 0. The number of hydrogen-bond acceptors (Lipinski definition) is 3. The van der Waals surface area contributed by atoms with Crippen molar-refractivity contribution < 1.29 is 4.74 Å². The van der Waals surface area contributed by atoms with Gasteiger partial charge in [-0.05, 0) is 66.3 Å². The zero-order valence-electron chi connectivity index (χ0n) is 11.7. The summed E-state index contributed by atoms with van der Waals surface area (Å²) < 4.78 is 6.94.